The molecular weight excluding hydrogens is 306 g/mol. The lowest BCUT2D eigenvalue weighted by molar-refractivity contribution is -0.0994. The quantitative estimate of drug-likeness (QED) is 0.812. The molecule has 0 amide bonds. The topological polar surface area (TPSA) is 56.6 Å². The predicted octanol–water partition coefficient (Wildman–Crippen LogP) is 1.25. The van der Waals surface area contributed by atoms with Crippen LogP contribution in [-0.2, 0) is 16.0 Å². The number of piperidine rings is 1. The maximum absolute atomic E-state index is 12.3. The van der Waals surface area contributed by atoms with Gasteiger partial charge in [-0.05, 0) is 44.7 Å². The zero-order valence-electron chi connectivity index (χ0n) is 14.2. The summed E-state index contributed by atoms with van der Waals surface area (Å²) >= 11 is 0. The van der Waals surface area contributed by atoms with Crippen molar-refractivity contribution < 1.29 is 9.47 Å². The van der Waals surface area contributed by atoms with Crippen LogP contribution in [0.2, 0.25) is 0 Å². The molecule has 3 fully saturated rings. The van der Waals surface area contributed by atoms with Crippen molar-refractivity contribution in [2.45, 2.75) is 44.2 Å². The van der Waals surface area contributed by atoms with Gasteiger partial charge in [0.05, 0.1) is 37.9 Å². The van der Waals surface area contributed by atoms with Gasteiger partial charge in [0.1, 0.15) is 0 Å². The highest BCUT2D eigenvalue weighted by molar-refractivity contribution is 5.12. The second kappa shape index (κ2) is 7.33. The highest BCUT2D eigenvalue weighted by Crippen LogP contribution is 2.38. The minimum absolute atomic E-state index is 0.113. The van der Waals surface area contributed by atoms with Gasteiger partial charge in [-0.2, -0.15) is 0 Å². The average Bonchev–Trinajstić information content (AvgIpc) is 3.44. The van der Waals surface area contributed by atoms with E-state index in [1.807, 2.05) is 0 Å². The van der Waals surface area contributed by atoms with Crippen LogP contribution in [0.15, 0.2) is 17.2 Å². The summed E-state index contributed by atoms with van der Waals surface area (Å²) in [6.07, 6.45) is 6.61. The first kappa shape index (κ1) is 16.2. The highest BCUT2D eigenvalue weighted by Gasteiger charge is 2.26. The van der Waals surface area contributed by atoms with Crippen molar-refractivity contribution in [3.63, 3.8) is 0 Å². The summed E-state index contributed by atoms with van der Waals surface area (Å²) in [5.41, 5.74) is 1.10. The molecule has 3 heterocycles. The van der Waals surface area contributed by atoms with Gasteiger partial charge in [-0.1, -0.05) is 0 Å². The van der Waals surface area contributed by atoms with E-state index in [-0.39, 0.29) is 11.7 Å². The number of hydrogen-bond acceptors (Lipinski definition) is 5. The smallest absolute Gasteiger partial charge is 0.253 e. The van der Waals surface area contributed by atoms with Crippen molar-refractivity contribution in [1.82, 2.24) is 14.5 Å². The molecule has 6 heteroatoms. The molecule has 2 saturated heterocycles. The summed E-state index contributed by atoms with van der Waals surface area (Å²) in [5.74, 6) is 1.11. The number of aromatic nitrogens is 2. The Morgan fingerprint density at radius 1 is 1.12 bits per heavy atom. The second-order valence-corrected chi connectivity index (χ2v) is 7.39. The molecule has 4 rings (SSSR count). The maximum atomic E-state index is 12.3. The number of rotatable bonds is 5. The molecule has 0 bridgehead atoms. The van der Waals surface area contributed by atoms with E-state index in [1.165, 1.54) is 12.8 Å². The first-order chi connectivity index (χ1) is 11.8. The van der Waals surface area contributed by atoms with Crippen LogP contribution in [0.4, 0.5) is 0 Å². The Hall–Kier alpha value is -1.24. The van der Waals surface area contributed by atoms with Gasteiger partial charge in [-0.25, -0.2) is 4.98 Å². The minimum Gasteiger partial charge on any atom is -0.376 e. The Kier molecular flexibility index (Phi) is 4.96. The molecule has 1 saturated carbocycles. The first-order valence-corrected chi connectivity index (χ1v) is 9.26. The molecule has 132 valence electrons. The van der Waals surface area contributed by atoms with Crippen LogP contribution in [0, 0.1) is 5.92 Å². The summed E-state index contributed by atoms with van der Waals surface area (Å²) in [5, 5.41) is 0. The monoisotopic (exact) mass is 333 g/mol. The SMILES string of the molecule is O=c1cc(C2CC2)ncn1CC1CCN(CC2COCCO2)CC1. The molecule has 0 spiro atoms. The van der Waals surface area contributed by atoms with E-state index < -0.39 is 0 Å². The number of hydrogen-bond donors (Lipinski definition) is 0. The third-order valence-corrected chi connectivity index (χ3v) is 5.41. The maximum Gasteiger partial charge on any atom is 0.253 e. The van der Waals surface area contributed by atoms with Crippen molar-refractivity contribution in [1.29, 1.82) is 0 Å². The fourth-order valence-electron chi connectivity index (χ4n) is 3.74. The van der Waals surface area contributed by atoms with Gasteiger partial charge in [-0.3, -0.25) is 9.36 Å². The number of nitrogens with zero attached hydrogens (tertiary/aromatic N) is 3. The van der Waals surface area contributed by atoms with Crippen LogP contribution in [0.5, 0.6) is 0 Å². The van der Waals surface area contributed by atoms with Gasteiger partial charge in [-0.15, -0.1) is 0 Å². The zero-order valence-corrected chi connectivity index (χ0v) is 14.2. The summed E-state index contributed by atoms with van der Waals surface area (Å²) in [4.78, 5) is 19.2. The van der Waals surface area contributed by atoms with Gasteiger partial charge in [0, 0.05) is 25.1 Å². The molecule has 3 aliphatic rings. The number of ether oxygens (including phenoxy) is 2. The fourth-order valence-corrected chi connectivity index (χ4v) is 3.74. The Labute approximate surface area is 142 Å². The molecule has 6 nitrogen and oxygen atoms in total. The van der Waals surface area contributed by atoms with Gasteiger partial charge < -0.3 is 14.4 Å². The van der Waals surface area contributed by atoms with E-state index in [1.54, 1.807) is 17.0 Å². The van der Waals surface area contributed by atoms with Crippen molar-refractivity contribution in [3.05, 3.63) is 28.4 Å². The van der Waals surface area contributed by atoms with Crippen LogP contribution in [0.25, 0.3) is 0 Å². The van der Waals surface area contributed by atoms with Crippen LogP contribution in [-0.4, -0.2) is 60.0 Å². The largest absolute Gasteiger partial charge is 0.376 e. The molecular formula is C18H27N3O3. The number of likely N-dealkylation sites (tertiary alicyclic amines) is 1. The molecule has 0 aromatic carbocycles. The van der Waals surface area contributed by atoms with E-state index in [2.05, 4.69) is 9.88 Å². The Bertz CT molecular complexity index is 600. The lowest BCUT2D eigenvalue weighted by atomic mass is 9.96. The summed E-state index contributed by atoms with van der Waals surface area (Å²) in [7, 11) is 0. The lowest BCUT2D eigenvalue weighted by Gasteiger charge is -2.35. The Balaban J connectivity index is 1.26. The van der Waals surface area contributed by atoms with E-state index in [0.717, 1.165) is 51.3 Å². The van der Waals surface area contributed by atoms with Crippen molar-refractivity contribution in [2.75, 3.05) is 39.5 Å². The molecule has 1 unspecified atom stereocenters. The Morgan fingerprint density at radius 3 is 2.62 bits per heavy atom. The van der Waals surface area contributed by atoms with E-state index in [4.69, 9.17) is 9.47 Å². The van der Waals surface area contributed by atoms with Gasteiger partial charge in [0.15, 0.2) is 0 Å². The molecule has 1 atom stereocenters. The normalized spacial score (nSPS) is 26.6. The van der Waals surface area contributed by atoms with Gasteiger partial charge in [0.25, 0.3) is 5.56 Å². The first-order valence-electron chi connectivity index (χ1n) is 9.26. The van der Waals surface area contributed by atoms with E-state index in [9.17, 15) is 4.79 Å². The minimum atomic E-state index is 0.113. The molecule has 1 aliphatic carbocycles. The average molecular weight is 333 g/mol. The summed E-state index contributed by atoms with van der Waals surface area (Å²) < 4.78 is 13.0. The summed E-state index contributed by atoms with van der Waals surface area (Å²) in [6, 6.07) is 1.74. The fraction of sp³-hybridized carbons (Fsp3) is 0.778. The molecule has 2 aliphatic heterocycles. The molecule has 1 aromatic heterocycles. The van der Waals surface area contributed by atoms with Gasteiger partial charge >= 0.3 is 0 Å². The summed E-state index contributed by atoms with van der Waals surface area (Å²) in [6.45, 7) is 6.07. The molecule has 0 N–H and O–H groups in total. The zero-order chi connectivity index (χ0) is 16.4. The van der Waals surface area contributed by atoms with Crippen LogP contribution >= 0.6 is 0 Å². The van der Waals surface area contributed by atoms with Crippen molar-refractivity contribution in [2.24, 2.45) is 5.92 Å². The van der Waals surface area contributed by atoms with Crippen molar-refractivity contribution in [3.8, 4) is 0 Å². The molecule has 24 heavy (non-hydrogen) atoms. The van der Waals surface area contributed by atoms with Crippen LogP contribution in [0.1, 0.15) is 37.3 Å². The van der Waals surface area contributed by atoms with E-state index >= 15 is 0 Å². The standard InChI is InChI=1S/C18H27N3O3/c22-18-9-17(15-1-2-15)19-13-21(18)10-14-3-5-20(6-4-14)11-16-12-23-7-8-24-16/h9,13-16H,1-8,10-12H2. The lowest BCUT2D eigenvalue weighted by Crippen LogP contribution is -2.44. The molecule has 1 aromatic rings. The second-order valence-electron chi connectivity index (χ2n) is 7.39. The molecule has 0 radical (unpaired) electrons. The van der Waals surface area contributed by atoms with Gasteiger partial charge in [0.2, 0.25) is 0 Å². The Morgan fingerprint density at radius 2 is 1.96 bits per heavy atom. The van der Waals surface area contributed by atoms with Crippen LogP contribution in [0.3, 0.4) is 0 Å². The van der Waals surface area contributed by atoms with E-state index in [0.29, 0.717) is 25.0 Å². The predicted molar refractivity (Wildman–Crippen MR) is 90.2 cm³/mol. The van der Waals surface area contributed by atoms with Crippen LogP contribution < -0.4 is 5.56 Å². The third kappa shape index (κ3) is 4.05. The third-order valence-electron chi connectivity index (χ3n) is 5.41. The highest BCUT2D eigenvalue weighted by atomic mass is 16.6. The van der Waals surface area contributed by atoms with Crippen molar-refractivity contribution >= 4 is 0 Å².